The molecule has 3 nitrogen and oxygen atoms in total. The van der Waals surface area contributed by atoms with Gasteiger partial charge < -0.3 is 0 Å². The normalized spacial score (nSPS) is 25.5. The van der Waals surface area contributed by atoms with Gasteiger partial charge in [0.15, 0.2) is 0 Å². The van der Waals surface area contributed by atoms with Gasteiger partial charge in [-0.05, 0) is 20.8 Å². The second-order valence-corrected chi connectivity index (χ2v) is 9.05. The molecule has 1 fully saturated rings. The zero-order valence-corrected chi connectivity index (χ0v) is 12.6. The average Bonchev–Trinajstić information content (AvgIpc) is 2.16. The number of nitrogens with zero attached hydrogens (tertiary/aromatic N) is 1. The van der Waals surface area contributed by atoms with Crippen molar-refractivity contribution < 1.29 is 8.42 Å². The lowest BCUT2D eigenvalue weighted by molar-refractivity contribution is 0.359. The summed E-state index contributed by atoms with van der Waals surface area (Å²) in [5.41, 5.74) is 0. The van der Waals surface area contributed by atoms with E-state index < -0.39 is 14.8 Å². The van der Waals surface area contributed by atoms with E-state index in [-0.39, 0.29) is 6.04 Å². The number of thioether (sulfide) groups is 1. The van der Waals surface area contributed by atoms with Crippen molar-refractivity contribution in [3.63, 3.8) is 0 Å². The first-order valence-electron chi connectivity index (χ1n) is 4.96. The summed E-state index contributed by atoms with van der Waals surface area (Å²) in [5.74, 6) is 1.79. The van der Waals surface area contributed by atoms with Crippen LogP contribution in [0.1, 0.15) is 20.8 Å². The molecular formula is C9H18BrNO2S2. The molecule has 1 heterocycles. The number of sulfonamides is 1. The highest BCUT2D eigenvalue weighted by atomic mass is 79.9. The zero-order valence-electron chi connectivity index (χ0n) is 9.36. The quantitative estimate of drug-likeness (QED) is 0.731. The summed E-state index contributed by atoms with van der Waals surface area (Å²) in [6.07, 6.45) is 0. The Morgan fingerprint density at radius 2 is 2.07 bits per heavy atom. The van der Waals surface area contributed by atoms with Crippen LogP contribution in [0.3, 0.4) is 0 Å². The van der Waals surface area contributed by atoms with Crippen LogP contribution in [-0.2, 0) is 10.0 Å². The summed E-state index contributed by atoms with van der Waals surface area (Å²) in [4.78, 5) is 0. The molecule has 0 spiro atoms. The van der Waals surface area contributed by atoms with Crippen LogP contribution in [0, 0.1) is 0 Å². The molecule has 0 saturated carbocycles. The fraction of sp³-hybridized carbons (Fsp3) is 1.00. The van der Waals surface area contributed by atoms with Gasteiger partial charge in [0.05, 0.1) is 4.75 Å². The van der Waals surface area contributed by atoms with Crippen molar-refractivity contribution in [1.82, 2.24) is 4.31 Å². The molecular weight excluding hydrogens is 298 g/mol. The monoisotopic (exact) mass is 315 g/mol. The molecule has 0 aromatic heterocycles. The van der Waals surface area contributed by atoms with E-state index in [2.05, 4.69) is 15.9 Å². The first-order valence-corrected chi connectivity index (χ1v) is 8.67. The molecule has 0 radical (unpaired) electrons. The Hall–Kier alpha value is 0.740. The largest absolute Gasteiger partial charge is 0.219 e. The lowest BCUT2D eigenvalue weighted by Gasteiger charge is -2.37. The van der Waals surface area contributed by atoms with E-state index in [4.69, 9.17) is 0 Å². The van der Waals surface area contributed by atoms with Crippen LogP contribution in [0.5, 0.6) is 0 Å². The first kappa shape index (κ1) is 13.8. The Labute approximate surface area is 105 Å². The van der Waals surface area contributed by atoms with Crippen LogP contribution in [0.25, 0.3) is 0 Å². The van der Waals surface area contributed by atoms with Crippen LogP contribution in [0.4, 0.5) is 0 Å². The maximum absolute atomic E-state index is 12.3. The standard InChI is InChI=1S/C9H18BrNO2S2/c1-9(2,3)15(12,13)11-4-5-14-7-8(11)6-10/h8H,4-7H2,1-3H3. The highest BCUT2D eigenvalue weighted by Gasteiger charge is 2.39. The van der Waals surface area contributed by atoms with E-state index in [9.17, 15) is 8.42 Å². The Kier molecular flexibility index (Phi) is 4.54. The van der Waals surface area contributed by atoms with E-state index in [0.29, 0.717) is 6.54 Å². The molecule has 1 aliphatic heterocycles. The molecule has 1 rings (SSSR count). The van der Waals surface area contributed by atoms with Crippen molar-refractivity contribution in [2.24, 2.45) is 0 Å². The van der Waals surface area contributed by atoms with Crippen molar-refractivity contribution in [3.8, 4) is 0 Å². The van der Waals surface area contributed by atoms with Crippen molar-refractivity contribution in [2.75, 3.05) is 23.4 Å². The second-order valence-electron chi connectivity index (χ2n) is 4.61. The van der Waals surface area contributed by atoms with Gasteiger partial charge in [-0.3, -0.25) is 0 Å². The summed E-state index contributed by atoms with van der Waals surface area (Å²) in [5, 5.41) is 0.718. The van der Waals surface area contributed by atoms with Gasteiger partial charge in [0.25, 0.3) is 0 Å². The molecule has 1 unspecified atom stereocenters. The van der Waals surface area contributed by atoms with Crippen molar-refractivity contribution in [2.45, 2.75) is 31.6 Å². The van der Waals surface area contributed by atoms with Crippen molar-refractivity contribution >= 4 is 37.7 Å². The fourth-order valence-electron chi connectivity index (χ4n) is 1.43. The molecule has 0 bridgehead atoms. The third kappa shape index (κ3) is 2.90. The maximum Gasteiger partial charge on any atom is 0.219 e. The lowest BCUT2D eigenvalue weighted by atomic mass is 10.3. The number of rotatable bonds is 2. The summed E-state index contributed by atoms with van der Waals surface area (Å²) in [6, 6.07) is 0.105. The highest BCUT2D eigenvalue weighted by Crippen LogP contribution is 2.27. The minimum atomic E-state index is -3.17. The second kappa shape index (κ2) is 4.94. The lowest BCUT2D eigenvalue weighted by Crippen LogP contribution is -2.52. The average molecular weight is 316 g/mol. The molecule has 6 heteroatoms. The Balaban J connectivity index is 2.94. The fourth-order valence-corrected chi connectivity index (χ4v) is 5.35. The minimum absolute atomic E-state index is 0.105. The number of halogens is 1. The third-order valence-corrected chi connectivity index (χ3v) is 6.92. The summed E-state index contributed by atoms with van der Waals surface area (Å²) < 4.78 is 25.5. The third-order valence-electron chi connectivity index (χ3n) is 2.43. The predicted octanol–water partition coefficient (Wildman–Crippen LogP) is 1.93. The van der Waals surface area contributed by atoms with Crippen LogP contribution in [0.2, 0.25) is 0 Å². The Morgan fingerprint density at radius 1 is 1.47 bits per heavy atom. The SMILES string of the molecule is CC(C)(C)S(=O)(=O)N1CCSCC1CBr. The molecule has 0 aromatic carbocycles. The van der Waals surface area contributed by atoms with Gasteiger partial charge in [0.2, 0.25) is 10.0 Å². The molecule has 90 valence electrons. The zero-order chi connectivity index (χ0) is 11.7. The van der Waals surface area contributed by atoms with Gasteiger partial charge in [-0.2, -0.15) is 16.1 Å². The maximum atomic E-state index is 12.3. The van der Waals surface area contributed by atoms with Gasteiger partial charge >= 0.3 is 0 Å². The van der Waals surface area contributed by atoms with Crippen LogP contribution < -0.4 is 0 Å². The Morgan fingerprint density at radius 3 is 2.53 bits per heavy atom. The van der Waals surface area contributed by atoms with Gasteiger partial charge in [-0.15, -0.1) is 0 Å². The van der Waals surface area contributed by atoms with Gasteiger partial charge in [0, 0.05) is 29.4 Å². The molecule has 1 aliphatic rings. The smallest absolute Gasteiger partial charge is 0.212 e. The first-order chi connectivity index (χ1) is 6.80. The van der Waals surface area contributed by atoms with Gasteiger partial charge in [-0.25, -0.2) is 8.42 Å². The predicted molar refractivity (Wildman–Crippen MR) is 70.3 cm³/mol. The van der Waals surface area contributed by atoms with Crippen molar-refractivity contribution in [3.05, 3.63) is 0 Å². The van der Waals surface area contributed by atoms with E-state index in [0.717, 1.165) is 16.8 Å². The topological polar surface area (TPSA) is 37.4 Å². The van der Waals surface area contributed by atoms with Crippen LogP contribution in [0.15, 0.2) is 0 Å². The summed E-state index contributed by atoms with van der Waals surface area (Å²) >= 11 is 5.21. The van der Waals surface area contributed by atoms with Crippen LogP contribution >= 0.6 is 27.7 Å². The number of hydrogen-bond acceptors (Lipinski definition) is 3. The molecule has 0 aromatic rings. The molecule has 1 atom stereocenters. The molecule has 1 saturated heterocycles. The molecule has 0 N–H and O–H groups in total. The van der Waals surface area contributed by atoms with Crippen molar-refractivity contribution in [1.29, 1.82) is 0 Å². The minimum Gasteiger partial charge on any atom is -0.212 e. The number of hydrogen-bond donors (Lipinski definition) is 0. The van der Waals surface area contributed by atoms with Gasteiger partial charge in [0.1, 0.15) is 0 Å². The molecule has 0 aliphatic carbocycles. The summed E-state index contributed by atoms with van der Waals surface area (Å²) in [6.45, 7) is 5.92. The summed E-state index contributed by atoms with van der Waals surface area (Å²) in [7, 11) is -3.17. The van der Waals surface area contributed by atoms with E-state index >= 15 is 0 Å². The van der Waals surface area contributed by atoms with E-state index in [1.165, 1.54) is 0 Å². The number of alkyl halides is 1. The van der Waals surface area contributed by atoms with Crippen LogP contribution in [-0.4, -0.2) is 46.9 Å². The van der Waals surface area contributed by atoms with E-state index in [1.54, 1.807) is 25.1 Å². The highest BCUT2D eigenvalue weighted by molar-refractivity contribution is 9.09. The van der Waals surface area contributed by atoms with Gasteiger partial charge in [-0.1, -0.05) is 15.9 Å². The molecule has 0 amide bonds. The molecule has 15 heavy (non-hydrogen) atoms. The Bertz CT molecular complexity index is 311. The van der Waals surface area contributed by atoms with E-state index in [1.807, 2.05) is 11.8 Å².